The highest BCUT2D eigenvalue weighted by atomic mass is 32.2. The largest absolute Gasteiger partial charge is 0.490 e. The van der Waals surface area contributed by atoms with Crippen LogP contribution < -0.4 is 61.5 Å². The first-order chi connectivity index (χ1) is 35.3. The molecular weight excluding hydrogens is 929 g/mol. The van der Waals surface area contributed by atoms with Gasteiger partial charge in [-0.25, -0.2) is 0 Å². The molecule has 5 heterocycles. The van der Waals surface area contributed by atoms with E-state index in [9.17, 15) is 13.0 Å². The number of fused-ring (bicyclic) bond motifs is 20. The van der Waals surface area contributed by atoms with Crippen LogP contribution in [0.2, 0.25) is 0 Å². The van der Waals surface area contributed by atoms with Gasteiger partial charge in [0.2, 0.25) is 0 Å². The van der Waals surface area contributed by atoms with Gasteiger partial charge in [-0.05, 0) is 143 Å². The van der Waals surface area contributed by atoms with Gasteiger partial charge in [-0.3, -0.25) is 47.1 Å². The van der Waals surface area contributed by atoms with E-state index in [4.69, 9.17) is 18.9 Å². The van der Waals surface area contributed by atoms with Crippen LogP contribution in [-0.2, 0) is 10.1 Å². The maximum atomic E-state index is 13.5. The molecule has 5 aliphatic heterocycles. The van der Waals surface area contributed by atoms with E-state index in [0.29, 0.717) is 12.2 Å². The Labute approximate surface area is 424 Å². The van der Waals surface area contributed by atoms with E-state index in [2.05, 4.69) is 91.1 Å². The molecular formula is C56H72N8O7S. The average Bonchev–Trinajstić information content (AvgIpc) is 4.14. The zero-order valence-electron chi connectivity index (χ0n) is 40.8. The van der Waals surface area contributed by atoms with Gasteiger partial charge >= 0.3 is 0 Å². The monoisotopic (exact) mass is 1000 g/mol. The van der Waals surface area contributed by atoms with Crippen LogP contribution in [0.3, 0.4) is 0 Å². The Hall–Kier alpha value is -4.33. The van der Waals surface area contributed by atoms with Crippen LogP contribution in [0.5, 0.6) is 23.0 Å². The summed E-state index contributed by atoms with van der Waals surface area (Å²) < 4.78 is 65.9. The molecule has 8 bridgehead atoms. The van der Waals surface area contributed by atoms with Crippen LogP contribution in [0.25, 0.3) is 0 Å². The van der Waals surface area contributed by atoms with Crippen molar-refractivity contribution in [3.8, 4) is 23.0 Å². The molecule has 384 valence electrons. The van der Waals surface area contributed by atoms with Crippen LogP contribution in [-0.4, -0.2) is 92.0 Å². The van der Waals surface area contributed by atoms with Gasteiger partial charge in [-0.15, -0.1) is 0 Å². The summed E-state index contributed by atoms with van der Waals surface area (Å²) in [6.07, 6.45) is 7.93. The van der Waals surface area contributed by atoms with Gasteiger partial charge in [0, 0.05) is 23.7 Å². The van der Waals surface area contributed by atoms with Gasteiger partial charge < -0.3 is 18.9 Å². The normalized spacial score (nSPS) is 42.3. The first-order valence-corrected chi connectivity index (χ1v) is 28.7. The summed E-state index contributed by atoms with van der Waals surface area (Å²) in [4.78, 5) is 0. The quantitative estimate of drug-likeness (QED) is 0.0930. The lowest BCUT2D eigenvalue weighted by atomic mass is 9.74. The van der Waals surface area contributed by atoms with E-state index >= 15 is 0 Å². The number of rotatable bonds is 9. The number of para-hydroxylation sites is 4. The van der Waals surface area contributed by atoms with Crippen LogP contribution in [0.15, 0.2) is 121 Å². The maximum Gasteiger partial charge on any atom is 0.271 e. The predicted molar refractivity (Wildman–Crippen MR) is 273 cm³/mol. The fourth-order valence-corrected chi connectivity index (χ4v) is 16.6. The van der Waals surface area contributed by atoms with Crippen molar-refractivity contribution in [2.45, 2.75) is 150 Å². The van der Waals surface area contributed by atoms with Crippen LogP contribution in [0.4, 0.5) is 0 Å². The molecule has 5 saturated heterocycles. The van der Waals surface area contributed by atoms with Gasteiger partial charge in [0.1, 0.15) is 52.7 Å². The molecule has 9 fully saturated rings. The molecule has 72 heavy (non-hydrogen) atoms. The predicted octanol–water partition coefficient (Wildman–Crippen LogP) is 5.70. The molecule has 0 aromatic heterocycles. The second-order valence-corrected chi connectivity index (χ2v) is 24.0. The third kappa shape index (κ3) is 9.21. The second kappa shape index (κ2) is 20.1. The molecule has 0 radical (unpaired) electrons. The van der Waals surface area contributed by atoms with Crippen molar-refractivity contribution in [1.82, 2.24) is 42.5 Å². The Kier molecular flexibility index (Phi) is 13.2. The van der Waals surface area contributed by atoms with Gasteiger partial charge in [-0.1, -0.05) is 72.8 Å². The molecule has 16 heteroatoms. The van der Waals surface area contributed by atoms with Crippen molar-refractivity contribution in [3.05, 3.63) is 121 Å². The Morgan fingerprint density at radius 2 is 0.639 bits per heavy atom. The molecule has 0 spiro atoms. The van der Waals surface area contributed by atoms with Crippen molar-refractivity contribution in [3.63, 3.8) is 0 Å². The molecule has 4 saturated carbocycles. The van der Waals surface area contributed by atoms with Crippen molar-refractivity contribution in [2.24, 2.45) is 47.3 Å². The lowest BCUT2D eigenvalue weighted by molar-refractivity contribution is 0.0253. The lowest BCUT2D eigenvalue weighted by Gasteiger charge is -2.42. The molecule has 21 unspecified atom stereocenters. The molecule has 15 nitrogen and oxygen atoms in total. The van der Waals surface area contributed by atoms with Crippen molar-refractivity contribution >= 4 is 10.1 Å². The topological polar surface area (TPSA) is 188 Å². The minimum absolute atomic E-state index is 0.0139. The molecule has 0 amide bonds. The Bertz CT molecular complexity index is 2520. The molecule has 4 aromatic carbocycles. The van der Waals surface area contributed by atoms with Crippen LogP contribution in [0.1, 0.15) is 70.6 Å². The van der Waals surface area contributed by atoms with Crippen LogP contribution in [0, 0.1) is 47.3 Å². The Morgan fingerprint density at radius 1 is 0.347 bits per heavy atom. The van der Waals surface area contributed by atoms with Gasteiger partial charge in [0.25, 0.3) is 10.1 Å². The summed E-state index contributed by atoms with van der Waals surface area (Å²) in [7, 11) is -4.49. The zero-order chi connectivity index (χ0) is 48.3. The first-order valence-electron chi connectivity index (χ1n) is 27.2. The van der Waals surface area contributed by atoms with Crippen molar-refractivity contribution in [1.29, 1.82) is 0 Å². The fraction of sp³-hybridized carbons (Fsp3) is 0.571. The molecule has 9 aliphatic rings. The first kappa shape index (κ1) is 47.4. The molecule has 4 aromatic rings. The van der Waals surface area contributed by atoms with Gasteiger partial charge in [-0.2, -0.15) is 8.42 Å². The SMILES string of the molecule is O=S(=O)(O)C1CCC2C3NC4NC(NC5NC(NC6NC(NC(N3)C2C1Oc1ccccc1)C1CCCC(Oc2ccccc2)C61)C1CCCC(Oc2ccccc2)C51)C1CCCC(Oc2ccccc2)C41. The summed E-state index contributed by atoms with van der Waals surface area (Å²) in [6, 6.07) is 40.3. The van der Waals surface area contributed by atoms with Crippen LogP contribution >= 0.6 is 0 Å². The van der Waals surface area contributed by atoms with Gasteiger partial charge in [0.15, 0.2) is 0 Å². The number of benzene rings is 4. The highest BCUT2D eigenvalue weighted by Gasteiger charge is 2.61. The minimum atomic E-state index is -4.49. The summed E-state index contributed by atoms with van der Waals surface area (Å²) in [5, 5.41) is 32.4. The summed E-state index contributed by atoms with van der Waals surface area (Å²) in [5.41, 5.74) is 0. The van der Waals surface area contributed by atoms with E-state index in [0.717, 1.165) is 75.0 Å². The highest BCUT2D eigenvalue weighted by Crippen LogP contribution is 2.48. The third-order valence-electron chi connectivity index (χ3n) is 18.5. The number of hydrogen-bond donors (Lipinski definition) is 9. The second-order valence-electron chi connectivity index (χ2n) is 22.3. The van der Waals surface area contributed by atoms with E-state index in [1.54, 1.807) is 0 Å². The van der Waals surface area contributed by atoms with Gasteiger partial charge in [0.05, 0.1) is 49.3 Å². The summed E-state index contributed by atoms with van der Waals surface area (Å²) in [5.74, 6) is 4.00. The number of ether oxygens (including phenoxy) is 4. The Balaban J connectivity index is 0.902. The summed E-state index contributed by atoms with van der Waals surface area (Å²) in [6.45, 7) is 0. The van der Waals surface area contributed by atoms with E-state index < -0.39 is 21.5 Å². The number of nitrogens with one attached hydrogen (secondary N) is 8. The lowest BCUT2D eigenvalue weighted by Crippen LogP contribution is -2.62. The van der Waals surface area contributed by atoms with E-state index in [-0.39, 0.29) is 121 Å². The molecule has 13 rings (SSSR count). The molecule has 4 aliphatic carbocycles. The zero-order valence-corrected chi connectivity index (χ0v) is 41.6. The van der Waals surface area contributed by atoms with Crippen molar-refractivity contribution < 1.29 is 31.9 Å². The smallest absolute Gasteiger partial charge is 0.271 e. The maximum absolute atomic E-state index is 13.5. The van der Waals surface area contributed by atoms with E-state index in [1.165, 1.54) is 0 Å². The standard InChI is InChI=1S/C56H72N8O7S/c65-72(66,67)43-31-30-39-47(48(43)71-35-22-11-4-12-23-35)56-63-51-38-26-15-29-42(70-34-20-9-3-10-21-34)46(38)54(61-51)59-49-36-24-13-27-40(68-32-16-5-1-6-17-32)44(36)53(57-49)58-50-37-25-14-28-41(69-33-18-7-2-8-19-33)45(37)55(60-50)62-52(39)64-56/h1-12,16-23,36-64H,13-15,24-31H2,(H,65,66,67). The molecule has 21 atom stereocenters. The fourth-order valence-electron chi connectivity index (χ4n) is 15.6. The summed E-state index contributed by atoms with van der Waals surface area (Å²) >= 11 is 0. The van der Waals surface area contributed by atoms with E-state index in [1.807, 2.05) is 72.8 Å². The Morgan fingerprint density at radius 3 is 0.958 bits per heavy atom. The third-order valence-corrected chi connectivity index (χ3v) is 19.8. The minimum Gasteiger partial charge on any atom is -0.490 e. The average molecular weight is 1000 g/mol. The number of hydrogen-bond acceptors (Lipinski definition) is 14. The highest BCUT2D eigenvalue weighted by molar-refractivity contribution is 7.86. The molecule has 9 N–H and O–H groups in total. The van der Waals surface area contributed by atoms with Crippen molar-refractivity contribution in [2.75, 3.05) is 0 Å².